The number of hydrogen-bond donors (Lipinski definition) is 11. The van der Waals surface area contributed by atoms with Crippen molar-refractivity contribution in [1.29, 1.82) is 0 Å². The van der Waals surface area contributed by atoms with Crippen molar-refractivity contribution >= 4 is 47.5 Å². The third-order valence-electron chi connectivity index (χ3n) is 12.1. The van der Waals surface area contributed by atoms with Crippen molar-refractivity contribution in [2.45, 2.75) is 121 Å². The van der Waals surface area contributed by atoms with Gasteiger partial charge in [-0.1, -0.05) is 74.9 Å². The first-order valence-corrected chi connectivity index (χ1v) is 23.4. The maximum atomic E-state index is 14.9. The molecule has 1 heterocycles. The van der Waals surface area contributed by atoms with Gasteiger partial charge in [0.25, 0.3) is 0 Å². The van der Waals surface area contributed by atoms with E-state index in [1.54, 1.807) is 31.2 Å². The summed E-state index contributed by atoms with van der Waals surface area (Å²) in [5.41, 5.74) is 13.0. The number of guanidine groups is 1. The van der Waals surface area contributed by atoms with Crippen LogP contribution in [0.4, 0.5) is 4.79 Å². The van der Waals surface area contributed by atoms with Gasteiger partial charge in [-0.05, 0) is 105 Å². The van der Waals surface area contributed by atoms with Gasteiger partial charge < -0.3 is 63.6 Å². The summed E-state index contributed by atoms with van der Waals surface area (Å²) in [5, 5.41) is 46.1. The van der Waals surface area contributed by atoms with Crippen molar-refractivity contribution in [3.05, 3.63) is 95.6 Å². The van der Waals surface area contributed by atoms with Crippen molar-refractivity contribution in [3.8, 4) is 11.5 Å². The van der Waals surface area contributed by atoms with Gasteiger partial charge in [0.1, 0.15) is 47.8 Å². The molecule has 0 spiro atoms. The number of nitrogens with zero attached hydrogens (tertiary/aromatic N) is 2. The number of aliphatic carboxylic acids is 1. The molecule has 7 amide bonds. The van der Waals surface area contributed by atoms with Gasteiger partial charge >= 0.3 is 12.0 Å². The molecule has 0 bridgehead atoms. The molecule has 0 aromatic heterocycles. The number of aliphatic imine (C=N–C) groups is 1. The van der Waals surface area contributed by atoms with E-state index in [1.807, 2.05) is 37.3 Å². The van der Waals surface area contributed by atoms with Crippen molar-refractivity contribution in [1.82, 2.24) is 36.8 Å². The van der Waals surface area contributed by atoms with Crippen molar-refractivity contribution < 1.29 is 48.9 Å². The number of carboxylic acid groups (broad SMARTS) is 1. The lowest BCUT2D eigenvalue weighted by Crippen LogP contribution is -2.61. The Labute approximate surface area is 402 Å². The number of carbonyl (C=O) groups excluding carboxylic acids is 6. The smallest absolute Gasteiger partial charge is 0.326 e. The Morgan fingerprint density at radius 2 is 1.39 bits per heavy atom. The highest BCUT2D eigenvalue weighted by atomic mass is 16.4. The molecule has 374 valence electrons. The lowest BCUT2D eigenvalue weighted by Gasteiger charge is -2.33. The highest BCUT2D eigenvalue weighted by Crippen LogP contribution is 2.19. The fraction of sp³-hybridized carbons (Fsp3) is 0.469. The van der Waals surface area contributed by atoms with E-state index in [4.69, 9.17) is 11.5 Å². The minimum absolute atomic E-state index is 0.0115. The van der Waals surface area contributed by atoms with Crippen LogP contribution in [-0.4, -0.2) is 124 Å². The van der Waals surface area contributed by atoms with Crippen LogP contribution in [0.1, 0.15) is 81.9 Å². The number of hydrogen-bond acceptors (Lipinski definition) is 10. The lowest BCUT2D eigenvalue weighted by molar-refractivity contribution is -0.143. The van der Waals surface area contributed by atoms with Crippen LogP contribution in [0.15, 0.2) is 83.9 Å². The summed E-state index contributed by atoms with van der Waals surface area (Å²) in [7, 11) is 1.45. The summed E-state index contributed by atoms with van der Waals surface area (Å²) < 4.78 is 0. The predicted octanol–water partition coefficient (Wildman–Crippen LogP) is 1.71. The van der Waals surface area contributed by atoms with Crippen LogP contribution < -0.4 is 43.4 Å². The molecule has 1 aliphatic heterocycles. The van der Waals surface area contributed by atoms with Crippen LogP contribution in [0.5, 0.6) is 11.5 Å². The number of aryl methyl sites for hydroxylation is 2. The molecular weight excluding hydrogens is 889 g/mol. The Morgan fingerprint density at radius 3 is 1.99 bits per heavy atom. The second kappa shape index (κ2) is 27.4. The van der Waals surface area contributed by atoms with Gasteiger partial charge in [-0.15, -0.1) is 0 Å². The monoisotopic (exact) mass is 957 g/mol. The van der Waals surface area contributed by atoms with Crippen LogP contribution in [0.25, 0.3) is 0 Å². The average Bonchev–Trinajstić information content (AvgIpc) is 3.32. The molecule has 1 unspecified atom stereocenters. The summed E-state index contributed by atoms with van der Waals surface area (Å²) in [6, 6.07) is 13.5. The first-order chi connectivity index (χ1) is 32.9. The van der Waals surface area contributed by atoms with E-state index >= 15 is 0 Å². The number of urea groups is 1. The fourth-order valence-electron chi connectivity index (χ4n) is 7.84. The SMILES string of the molecule is CCC(C)[C@H]1NC(=O)[C@H](NC(=O)N[C@@H](CCCN=C(N)N)C(=O)O)CCCCNC(=O)[C@H](Cc2ccccc2)NC(=O)[C@H](CCc2ccc(O)cc2)N(C)C(=O)[C@H](CCc2ccc(O)cc2)NC1=O. The topological polar surface area (TPSA) is 320 Å². The molecular formula is C49H68N10O10. The van der Waals surface area contributed by atoms with Gasteiger partial charge in [0.2, 0.25) is 29.5 Å². The summed E-state index contributed by atoms with van der Waals surface area (Å²) in [5.74, 6) is -5.09. The third-order valence-corrected chi connectivity index (χ3v) is 12.1. The number of aromatic hydroxyl groups is 2. The van der Waals surface area contributed by atoms with Gasteiger partial charge in [0, 0.05) is 26.6 Å². The van der Waals surface area contributed by atoms with E-state index in [2.05, 4.69) is 36.9 Å². The summed E-state index contributed by atoms with van der Waals surface area (Å²) in [6.07, 6.45) is 1.98. The molecule has 7 atom stereocenters. The number of phenolic OH excluding ortho intramolecular Hbond substituents is 2. The first kappa shape index (κ1) is 54.2. The highest BCUT2D eigenvalue weighted by Gasteiger charge is 2.37. The number of likely N-dealkylation sites (N-methyl/N-ethyl adjacent to an activating group) is 1. The number of nitrogens with one attached hydrogen (secondary N) is 6. The summed E-state index contributed by atoms with van der Waals surface area (Å²) in [4.78, 5) is 103. The van der Waals surface area contributed by atoms with Gasteiger partial charge in [-0.2, -0.15) is 0 Å². The number of benzene rings is 3. The fourth-order valence-corrected chi connectivity index (χ4v) is 7.84. The molecule has 1 aliphatic rings. The molecule has 0 aliphatic carbocycles. The number of amides is 7. The standard InChI is InChI=1S/C49H68N10O10/c1-4-30(2)41-45(65)54-37(25-19-31-15-21-34(60)22-16-31)46(66)59(3)40(26-20-32-17-23-35(61)24-18-32)44(64)55-39(29-33-11-6-5-7-12-33)42(62)52-27-9-8-13-36(43(63)58-41)56-49(69)57-38(47(67)68)14-10-28-53-48(50)51/h5-7,11-12,15-18,21-24,30,36-41,60-61H,4,8-10,13-14,19-20,25-29H2,1-3H3,(H,52,62)(H,54,65)(H,55,64)(H,58,63)(H,67,68)(H4,50,51,53)(H2,56,57,69)/t30?,36-,37+,38+,39+,40+,41-/m1/s1. The molecule has 1 saturated heterocycles. The Morgan fingerprint density at radius 1 is 0.783 bits per heavy atom. The second-order valence-corrected chi connectivity index (χ2v) is 17.4. The van der Waals surface area contributed by atoms with E-state index in [-0.39, 0.29) is 81.9 Å². The summed E-state index contributed by atoms with van der Waals surface area (Å²) >= 11 is 0. The predicted molar refractivity (Wildman–Crippen MR) is 258 cm³/mol. The minimum atomic E-state index is -1.36. The van der Waals surface area contributed by atoms with Crippen LogP contribution in [0.2, 0.25) is 0 Å². The zero-order valence-electron chi connectivity index (χ0n) is 39.5. The number of nitrogens with two attached hydrogens (primary N) is 2. The quantitative estimate of drug-likeness (QED) is 0.0524. The first-order valence-electron chi connectivity index (χ1n) is 23.4. The molecule has 20 nitrogen and oxygen atoms in total. The number of phenols is 2. The molecule has 0 saturated carbocycles. The Kier molecular flexibility index (Phi) is 21.6. The van der Waals surface area contributed by atoms with E-state index in [0.29, 0.717) is 19.3 Å². The average molecular weight is 957 g/mol. The lowest BCUT2D eigenvalue weighted by atomic mass is 9.96. The van der Waals surface area contributed by atoms with Crippen LogP contribution in [0, 0.1) is 5.92 Å². The molecule has 13 N–H and O–H groups in total. The molecule has 3 aromatic carbocycles. The van der Waals surface area contributed by atoms with E-state index in [1.165, 1.54) is 36.2 Å². The Balaban J connectivity index is 1.73. The molecule has 3 aromatic rings. The largest absolute Gasteiger partial charge is 0.508 e. The number of carbonyl (C=O) groups is 7. The zero-order chi connectivity index (χ0) is 50.5. The normalized spacial score (nSPS) is 20.8. The number of rotatable bonds is 17. The van der Waals surface area contributed by atoms with Gasteiger partial charge in [-0.25, -0.2) is 9.59 Å². The maximum Gasteiger partial charge on any atom is 0.326 e. The van der Waals surface area contributed by atoms with Gasteiger partial charge in [-0.3, -0.25) is 29.0 Å². The summed E-state index contributed by atoms with van der Waals surface area (Å²) in [6.45, 7) is 3.79. The minimum Gasteiger partial charge on any atom is -0.508 e. The highest BCUT2D eigenvalue weighted by molar-refractivity contribution is 5.96. The van der Waals surface area contributed by atoms with Crippen LogP contribution in [0.3, 0.4) is 0 Å². The Bertz CT molecular complexity index is 2210. The van der Waals surface area contributed by atoms with E-state index in [9.17, 15) is 48.9 Å². The third kappa shape index (κ3) is 18.0. The molecule has 69 heavy (non-hydrogen) atoms. The van der Waals surface area contributed by atoms with E-state index in [0.717, 1.165) is 16.7 Å². The second-order valence-electron chi connectivity index (χ2n) is 17.4. The number of carboxylic acids is 1. The van der Waals surface area contributed by atoms with Crippen molar-refractivity contribution in [3.63, 3.8) is 0 Å². The Hall–Kier alpha value is -7.38. The van der Waals surface area contributed by atoms with Crippen molar-refractivity contribution in [2.24, 2.45) is 22.4 Å². The van der Waals surface area contributed by atoms with E-state index < -0.39 is 83.7 Å². The van der Waals surface area contributed by atoms with Crippen LogP contribution in [-0.2, 0) is 48.0 Å². The molecule has 1 fully saturated rings. The van der Waals surface area contributed by atoms with Crippen LogP contribution >= 0.6 is 0 Å². The molecule has 0 radical (unpaired) electrons. The molecule has 20 heteroatoms. The van der Waals surface area contributed by atoms with Gasteiger partial charge in [0.05, 0.1) is 0 Å². The maximum absolute atomic E-state index is 14.9. The van der Waals surface area contributed by atoms with Gasteiger partial charge in [0.15, 0.2) is 5.96 Å². The molecule has 4 rings (SSSR count). The van der Waals surface area contributed by atoms with Crippen molar-refractivity contribution in [2.75, 3.05) is 20.1 Å². The zero-order valence-corrected chi connectivity index (χ0v) is 39.5.